The molecule has 1 fully saturated rings. The molecule has 0 aromatic carbocycles. The van der Waals surface area contributed by atoms with Crippen LogP contribution in [0.25, 0.3) is 10.6 Å². The van der Waals surface area contributed by atoms with E-state index in [1.165, 1.54) is 9.75 Å². The molecular weight excluding hydrogens is 362 g/mol. The summed E-state index contributed by atoms with van der Waals surface area (Å²) in [7, 11) is 0. The van der Waals surface area contributed by atoms with Crippen LogP contribution in [0, 0.1) is 6.92 Å². The highest BCUT2D eigenvalue weighted by atomic mass is 32.1. The summed E-state index contributed by atoms with van der Waals surface area (Å²) in [4.78, 5) is 15.4. The van der Waals surface area contributed by atoms with Crippen molar-refractivity contribution in [3.63, 3.8) is 0 Å². The molecule has 0 atom stereocenters. The lowest BCUT2D eigenvalue weighted by molar-refractivity contribution is -0.126. The zero-order valence-corrected chi connectivity index (χ0v) is 16.5. The van der Waals surface area contributed by atoms with E-state index >= 15 is 0 Å². The van der Waals surface area contributed by atoms with E-state index in [0.29, 0.717) is 13.1 Å². The smallest absolute Gasteiger partial charge is 0.231 e. The SMILES string of the molecule is Cc1cc(-c2cccs2)nn1CCNC(=O)C1(c2cccs2)CCCC1. The lowest BCUT2D eigenvalue weighted by atomic mass is 9.83. The molecule has 4 nitrogen and oxygen atoms in total. The Balaban J connectivity index is 1.41. The van der Waals surface area contributed by atoms with Gasteiger partial charge in [-0.15, -0.1) is 22.7 Å². The molecule has 1 N–H and O–H groups in total. The van der Waals surface area contributed by atoms with Crippen LogP contribution in [0.3, 0.4) is 0 Å². The molecule has 0 unspecified atom stereocenters. The third-order valence-corrected chi connectivity index (χ3v) is 7.21. The first-order valence-corrected chi connectivity index (χ1v) is 10.9. The Morgan fingerprint density at radius 3 is 2.69 bits per heavy atom. The van der Waals surface area contributed by atoms with Crippen LogP contribution in [0.1, 0.15) is 36.3 Å². The quantitative estimate of drug-likeness (QED) is 0.673. The summed E-state index contributed by atoms with van der Waals surface area (Å²) in [6.45, 7) is 3.37. The standard InChI is InChI=1S/C20H23N3OS2/c1-15-14-16(17-6-4-12-25-17)22-23(15)11-10-21-19(24)20(8-2-3-9-20)18-7-5-13-26-18/h4-7,12-14H,2-3,8-11H2,1H3,(H,21,24). The summed E-state index contributed by atoms with van der Waals surface area (Å²) in [5, 5.41) is 12.0. The maximum Gasteiger partial charge on any atom is 0.231 e. The molecule has 0 saturated heterocycles. The minimum atomic E-state index is -0.310. The van der Waals surface area contributed by atoms with E-state index in [9.17, 15) is 4.79 Å². The van der Waals surface area contributed by atoms with Crippen LogP contribution < -0.4 is 5.32 Å². The highest BCUT2D eigenvalue weighted by molar-refractivity contribution is 7.13. The second-order valence-corrected chi connectivity index (χ2v) is 8.79. The van der Waals surface area contributed by atoms with Crippen LogP contribution >= 0.6 is 22.7 Å². The predicted octanol–water partition coefficient (Wildman–Crippen LogP) is 4.61. The molecule has 1 amide bonds. The molecule has 1 aliphatic carbocycles. The number of hydrogen-bond acceptors (Lipinski definition) is 4. The van der Waals surface area contributed by atoms with Crippen molar-refractivity contribution in [1.29, 1.82) is 0 Å². The van der Waals surface area contributed by atoms with Gasteiger partial charge in [-0.2, -0.15) is 5.10 Å². The van der Waals surface area contributed by atoms with Crippen LogP contribution in [0.15, 0.2) is 41.1 Å². The van der Waals surface area contributed by atoms with Crippen molar-refractivity contribution in [2.24, 2.45) is 0 Å². The Morgan fingerprint density at radius 1 is 1.23 bits per heavy atom. The highest BCUT2D eigenvalue weighted by Crippen LogP contribution is 2.43. The molecule has 26 heavy (non-hydrogen) atoms. The van der Waals surface area contributed by atoms with Crippen molar-refractivity contribution in [3.05, 3.63) is 51.7 Å². The Labute approximate surface area is 161 Å². The molecule has 0 spiro atoms. The number of nitrogens with one attached hydrogen (secondary N) is 1. The van der Waals surface area contributed by atoms with Gasteiger partial charge in [0.1, 0.15) is 5.69 Å². The summed E-state index contributed by atoms with van der Waals surface area (Å²) >= 11 is 3.40. The largest absolute Gasteiger partial charge is 0.353 e. The normalized spacial score (nSPS) is 16.0. The fourth-order valence-corrected chi connectivity index (χ4v) is 5.51. The van der Waals surface area contributed by atoms with E-state index in [4.69, 9.17) is 5.10 Å². The Hall–Kier alpha value is -1.92. The molecule has 0 aliphatic heterocycles. The van der Waals surface area contributed by atoms with Crippen molar-refractivity contribution < 1.29 is 4.79 Å². The summed E-state index contributed by atoms with van der Waals surface area (Å²) in [5.41, 5.74) is 1.82. The van der Waals surface area contributed by atoms with Gasteiger partial charge in [0.2, 0.25) is 5.91 Å². The molecule has 0 bridgehead atoms. The number of rotatable bonds is 6. The molecule has 1 aliphatic rings. The van der Waals surface area contributed by atoms with E-state index in [1.54, 1.807) is 22.7 Å². The van der Waals surface area contributed by atoms with Gasteiger partial charge < -0.3 is 5.32 Å². The molecule has 136 valence electrons. The van der Waals surface area contributed by atoms with Gasteiger partial charge in [-0.25, -0.2) is 0 Å². The number of aryl methyl sites for hydroxylation is 1. The van der Waals surface area contributed by atoms with Gasteiger partial charge in [0.15, 0.2) is 0 Å². The van der Waals surface area contributed by atoms with Gasteiger partial charge in [0, 0.05) is 17.1 Å². The van der Waals surface area contributed by atoms with E-state index in [1.807, 2.05) is 16.8 Å². The maximum absolute atomic E-state index is 13.0. The summed E-state index contributed by atoms with van der Waals surface area (Å²) in [6, 6.07) is 10.4. The third kappa shape index (κ3) is 3.23. The zero-order chi connectivity index (χ0) is 18.0. The lowest BCUT2D eigenvalue weighted by Gasteiger charge is -2.26. The molecule has 0 radical (unpaired) electrons. The zero-order valence-electron chi connectivity index (χ0n) is 14.9. The van der Waals surface area contributed by atoms with Crippen LogP contribution in [0.2, 0.25) is 0 Å². The number of amides is 1. The number of thiophene rings is 2. The minimum absolute atomic E-state index is 0.181. The van der Waals surface area contributed by atoms with Crippen LogP contribution in [-0.2, 0) is 16.8 Å². The number of nitrogens with zero attached hydrogens (tertiary/aromatic N) is 2. The molecule has 1 saturated carbocycles. The van der Waals surface area contributed by atoms with Gasteiger partial charge in [-0.05, 0) is 48.7 Å². The van der Waals surface area contributed by atoms with E-state index < -0.39 is 0 Å². The molecular formula is C20H23N3OS2. The second kappa shape index (κ2) is 7.37. The topological polar surface area (TPSA) is 46.9 Å². The van der Waals surface area contributed by atoms with E-state index in [0.717, 1.165) is 37.1 Å². The summed E-state index contributed by atoms with van der Waals surface area (Å²) in [5.74, 6) is 0.181. The fraction of sp³-hybridized carbons (Fsp3) is 0.400. The number of carbonyl (C=O) groups excluding carboxylic acids is 1. The highest BCUT2D eigenvalue weighted by Gasteiger charge is 2.43. The van der Waals surface area contributed by atoms with E-state index in [2.05, 4.69) is 41.2 Å². The van der Waals surface area contributed by atoms with Crippen LogP contribution in [-0.4, -0.2) is 22.2 Å². The van der Waals surface area contributed by atoms with Crippen molar-refractivity contribution in [3.8, 4) is 10.6 Å². The van der Waals surface area contributed by atoms with Crippen molar-refractivity contribution in [1.82, 2.24) is 15.1 Å². The molecule has 4 rings (SSSR count). The average molecular weight is 386 g/mol. The third-order valence-electron chi connectivity index (χ3n) is 5.25. The van der Waals surface area contributed by atoms with Crippen molar-refractivity contribution in [2.75, 3.05) is 6.54 Å². The molecule has 3 heterocycles. The molecule has 6 heteroatoms. The maximum atomic E-state index is 13.0. The van der Waals surface area contributed by atoms with E-state index in [-0.39, 0.29) is 11.3 Å². The Kier molecular flexibility index (Phi) is 4.96. The molecule has 3 aromatic rings. The summed E-state index contributed by atoms with van der Waals surface area (Å²) in [6.07, 6.45) is 4.19. The number of aromatic nitrogens is 2. The molecule has 3 aromatic heterocycles. The van der Waals surface area contributed by atoms with Gasteiger partial charge in [-0.1, -0.05) is 25.0 Å². The first-order valence-electron chi connectivity index (χ1n) is 9.10. The fourth-order valence-electron chi connectivity index (χ4n) is 3.84. The van der Waals surface area contributed by atoms with Crippen molar-refractivity contribution >= 4 is 28.6 Å². The Morgan fingerprint density at radius 2 is 2.00 bits per heavy atom. The monoisotopic (exact) mass is 385 g/mol. The second-order valence-electron chi connectivity index (χ2n) is 6.89. The summed E-state index contributed by atoms with van der Waals surface area (Å²) < 4.78 is 1.99. The van der Waals surface area contributed by atoms with Crippen molar-refractivity contribution in [2.45, 2.75) is 44.6 Å². The predicted molar refractivity (Wildman–Crippen MR) is 108 cm³/mol. The first kappa shape index (κ1) is 17.5. The first-order chi connectivity index (χ1) is 12.7. The van der Waals surface area contributed by atoms with Crippen LogP contribution in [0.4, 0.5) is 0 Å². The number of hydrogen-bond donors (Lipinski definition) is 1. The van der Waals surface area contributed by atoms with Gasteiger partial charge in [0.05, 0.1) is 16.8 Å². The van der Waals surface area contributed by atoms with Gasteiger partial charge in [-0.3, -0.25) is 9.48 Å². The Bertz CT molecular complexity index is 859. The minimum Gasteiger partial charge on any atom is -0.353 e. The number of carbonyl (C=O) groups is 1. The average Bonchev–Trinajstić information content (AvgIpc) is 3.42. The van der Waals surface area contributed by atoms with Gasteiger partial charge in [0.25, 0.3) is 0 Å². The van der Waals surface area contributed by atoms with Gasteiger partial charge >= 0.3 is 0 Å². The lowest BCUT2D eigenvalue weighted by Crippen LogP contribution is -2.43. The van der Waals surface area contributed by atoms with Crippen LogP contribution in [0.5, 0.6) is 0 Å².